The Kier molecular flexibility index (Phi) is 11.7. The molecule has 6 fully saturated rings. The van der Waals surface area contributed by atoms with Gasteiger partial charge in [0.1, 0.15) is 34.6 Å². The maximum absolute atomic E-state index is 17.1. The molecule has 6 aliphatic heterocycles. The zero-order chi connectivity index (χ0) is 49.7. The number of β-amino-alcohol motifs (C(OH)–C–C–N with tert-alkyl or cyclic N) is 1. The summed E-state index contributed by atoms with van der Waals surface area (Å²) in [6.07, 6.45) is 10.5. The summed E-state index contributed by atoms with van der Waals surface area (Å²) in [4.78, 5) is 62.9. The van der Waals surface area contributed by atoms with Gasteiger partial charge >= 0.3 is 6.01 Å². The number of anilines is 2. The van der Waals surface area contributed by atoms with E-state index in [2.05, 4.69) is 31.1 Å². The van der Waals surface area contributed by atoms with Crippen molar-refractivity contribution in [2.24, 2.45) is 10.8 Å². The number of hydrogen-bond donors (Lipinski definition) is 3. The number of aromatic hydroxyl groups is 1. The molecule has 2 atom stereocenters. The highest BCUT2D eigenvalue weighted by atomic mass is 19.1. The Morgan fingerprint density at radius 2 is 1.67 bits per heavy atom. The molecule has 12 rings (SSSR count). The molecule has 0 bridgehead atoms. The van der Waals surface area contributed by atoms with Crippen LogP contribution in [0.4, 0.5) is 20.3 Å². The molecule has 378 valence electrons. The number of phenolic OH excluding ortho intramolecular Hbond substituents is 1. The summed E-state index contributed by atoms with van der Waals surface area (Å²) in [6, 6.07) is 12.0. The minimum atomic E-state index is -0.965. The maximum atomic E-state index is 17.1. The fourth-order valence-corrected chi connectivity index (χ4v) is 12.9. The van der Waals surface area contributed by atoms with Gasteiger partial charge in [-0.3, -0.25) is 34.5 Å². The van der Waals surface area contributed by atoms with E-state index in [0.29, 0.717) is 90.1 Å². The Bertz CT molecular complexity index is 3010. The SMILES string of the molecule is CCc1c(F)ccc2cc(O)cc(-c3ncc4c(N5CCC[C@@](C)(O)C5)nc(OCC5(CN6CC(N7CCC8(CCN(c9ccc%10c(c9)CN(C9CCC(=O)NC9=O)C%10=O)CC8)CC7)C6)CC5)nc4c3F)c12. The number of ether oxygens (including phenoxy) is 1. The van der Waals surface area contributed by atoms with Crippen molar-refractivity contribution in [3.63, 3.8) is 0 Å². The molecule has 1 saturated carbocycles. The van der Waals surface area contributed by atoms with Crippen LogP contribution in [0.3, 0.4) is 0 Å². The number of aromatic nitrogens is 3. The molecule has 0 radical (unpaired) electrons. The molecule has 3 aromatic carbocycles. The van der Waals surface area contributed by atoms with Gasteiger partial charge in [-0.05, 0) is 148 Å². The largest absolute Gasteiger partial charge is 0.508 e. The van der Waals surface area contributed by atoms with Gasteiger partial charge in [0.05, 0.1) is 17.6 Å². The Hall–Kier alpha value is -6.04. The number of halogens is 2. The van der Waals surface area contributed by atoms with E-state index in [9.17, 15) is 24.6 Å². The number of amides is 3. The van der Waals surface area contributed by atoms with Crippen LogP contribution in [0, 0.1) is 22.5 Å². The molecule has 72 heavy (non-hydrogen) atoms. The first-order valence-electron chi connectivity index (χ1n) is 26.1. The molecule has 8 heterocycles. The van der Waals surface area contributed by atoms with E-state index in [-0.39, 0.29) is 58.1 Å². The second-order valence-corrected chi connectivity index (χ2v) is 22.4. The lowest BCUT2D eigenvalue weighted by atomic mass is 9.71. The topological polar surface area (TPSA) is 168 Å². The highest BCUT2D eigenvalue weighted by molar-refractivity contribution is 6.06. The van der Waals surface area contributed by atoms with Crippen molar-refractivity contribution in [3.05, 3.63) is 77.0 Å². The molecule has 2 aromatic heterocycles. The molecule has 15 nitrogen and oxygen atoms in total. The number of carbonyl (C=O) groups excluding carboxylic acids is 3. The van der Waals surface area contributed by atoms with Crippen molar-refractivity contribution < 1.29 is 38.1 Å². The molecule has 1 spiro atoms. The molecule has 3 amide bonds. The van der Waals surface area contributed by atoms with Crippen molar-refractivity contribution in [3.8, 4) is 23.0 Å². The van der Waals surface area contributed by atoms with Crippen molar-refractivity contribution in [2.45, 2.75) is 109 Å². The highest BCUT2D eigenvalue weighted by Crippen LogP contribution is 2.49. The van der Waals surface area contributed by atoms with Gasteiger partial charge in [0.2, 0.25) is 11.8 Å². The third-order valence-electron chi connectivity index (χ3n) is 17.4. The summed E-state index contributed by atoms with van der Waals surface area (Å²) in [5.41, 5.74) is 2.68. The van der Waals surface area contributed by atoms with Crippen LogP contribution in [0.1, 0.15) is 99.5 Å². The minimum absolute atomic E-state index is 0.0138. The molecule has 5 saturated heterocycles. The van der Waals surface area contributed by atoms with E-state index in [1.54, 1.807) is 24.0 Å². The molecule has 1 unspecified atom stereocenters. The van der Waals surface area contributed by atoms with Crippen LogP contribution in [-0.4, -0.2) is 141 Å². The zero-order valence-electron chi connectivity index (χ0n) is 41.2. The van der Waals surface area contributed by atoms with Crippen LogP contribution in [0.5, 0.6) is 11.8 Å². The molecular weight excluding hydrogens is 921 g/mol. The van der Waals surface area contributed by atoms with Gasteiger partial charge in [0.15, 0.2) is 5.82 Å². The van der Waals surface area contributed by atoms with Crippen molar-refractivity contribution in [1.29, 1.82) is 0 Å². The first-order chi connectivity index (χ1) is 34.7. The van der Waals surface area contributed by atoms with E-state index < -0.39 is 23.3 Å². The van der Waals surface area contributed by atoms with Crippen LogP contribution in [-0.2, 0) is 22.6 Å². The number of piperidine rings is 4. The van der Waals surface area contributed by atoms with Crippen molar-refractivity contribution in [1.82, 2.24) is 35.0 Å². The number of rotatable bonds is 11. The summed E-state index contributed by atoms with van der Waals surface area (Å²) >= 11 is 0. The second-order valence-electron chi connectivity index (χ2n) is 22.4. The number of nitrogens with zero attached hydrogens (tertiary/aromatic N) is 8. The molecule has 5 aromatic rings. The normalized spacial score (nSPS) is 24.5. The van der Waals surface area contributed by atoms with Gasteiger partial charge in [0, 0.05) is 93.2 Å². The summed E-state index contributed by atoms with van der Waals surface area (Å²) in [7, 11) is 0. The number of pyridine rings is 1. The summed E-state index contributed by atoms with van der Waals surface area (Å²) in [5, 5.41) is 25.7. The van der Waals surface area contributed by atoms with Gasteiger partial charge in [-0.15, -0.1) is 0 Å². The predicted octanol–water partition coefficient (Wildman–Crippen LogP) is 6.73. The Balaban J connectivity index is 0.675. The number of imide groups is 1. The number of aliphatic hydroxyl groups is 1. The molecule has 3 N–H and O–H groups in total. The predicted molar refractivity (Wildman–Crippen MR) is 268 cm³/mol. The molecule has 1 aliphatic carbocycles. The standard InChI is InChI=1S/C55H63F2N9O6/c1-3-38-42(56)8-5-33-24-37(67)25-40(45(33)38)47-46(57)48-41(26-58-47)49(65-18-4-11-53(2,71)30-65)61-52(60-48)72-32-55(12-13-55)31-62-28-36(29-62)64-21-16-54(17-22-64)14-19-63(20-15-54)35-6-7-39-34(23-35)27-66(51(39)70)43-9-10-44(68)59-50(43)69/h5-8,23-26,36,43,67,71H,3-4,9-22,27-32H2,1-2H3,(H,59,68,69)/t43?,53-/m1/s1. The lowest BCUT2D eigenvalue weighted by molar-refractivity contribution is -0.136. The fraction of sp³-hybridized carbons (Fsp3) is 0.527. The number of hydrogen-bond acceptors (Lipinski definition) is 13. The lowest BCUT2D eigenvalue weighted by Gasteiger charge is -2.52. The first kappa shape index (κ1) is 47.0. The Labute approximate surface area is 417 Å². The van der Waals surface area contributed by atoms with E-state index in [1.165, 1.54) is 31.2 Å². The van der Waals surface area contributed by atoms with Crippen molar-refractivity contribution in [2.75, 3.05) is 75.3 Å². The van der Waals surface area contributed by atoms with Gasteiger partial charge in [-0.2, -0.15) is 9.97 Å². The average molecular weight is 984 g/mol. The summed E-state index contributed by atoms with van der Waals surface area (Å²) in [5.74, 6) is -1.59. The Morgan fingerprint density at radius 1 is 0.889 bits per heavy atom. The quantitative estimate of drug-likeness (QED) is 0.119. The third-order valence-corrected chi connectivity index (χ3v) is 17.4. The number of nitrogens with one attached hydrogen (secondary N) is 1. The maximum Gasteiger partial charge on any atom is 0.319 e. The summed E-state index contributed by atoms with van der Waals surface area (Å²) < 4.78 is 38.8. The van der Waals surface area contributed by atoms with Gasteiger partial charge in [0.25, 0.3) is 5.91 Å². The fourth-order valence-electron chi connectivity index (χ4n) is 12.9. The lowest BCUT2D eigenvalue weighted by Crippen LogP contribution is -2.62. The average Bonchev–Trinajstić information content (AvgIpc) is 4.05. The van der Waals surface area contributed by atoms with Crippen molar-refractivity contribution >= 4 is 50.9 Å². The van der Waals surface area contributed by atoms with E-state index in [0.717, 1.165) is 89.2 Å². The molecule has 17 heteroatoms. The second kappa shape index (κ2) is 17.9. The minimum Gasteiger partial charge on any atom is -0.508 e. The van der Waals surface area contributed by atoms with Crippen LogP contribution < -0.4 is 19.9 Å². The first-order valence-corrected chi connectivity index (χ1v) is 26.1. The van der Waals surface area contributed by atoms with E-state index in [1.807, 2.05) is 24.0 Å². The van der Waals surface area contributed by atoms with Crippen LogP contribution in [0.15, 0.2) is 48.7 Å². The van der Waals surface area contributed by atoms with E-state index in [4.69, 9.17) is 14.7 Å². The molecular formula is C55H63F2N9O6. The van der Waals surface area contributed by atoms with Gasteiger partial charge in [-0.25, -0.2) is 8.78 Å². The van der Waals surface area contributed by atoms with Crippen LogP contribution in [0.2, 0.25) is 0 Å². The smallest absolute Gasteiger partial charge is 0.319 e. The number of likely N-dealkylation sites (tertiary alicyclic amines) is 2. The number of phenols is 1. The Morgan fingerprint density at radius 3 is 2.40 bits per heavy atom. The highest BCUT2D eigenvalue weighted by Gasteiger charge is 2.49. The number of carbonyl (C=O) groups is 3. The van der Waals surface area contributed by atoms with Gasteiger partial charge < -0.3 is 29.6 Å². The van der Waals surface area contributed by atoms with Crippen LogP contribution in [0.25, 0.3) is 32.9 Å². The third kappa shape index (κ3) is 8.57. The number of benzene rings is 3. The monoisotopic (exact) mass is 983 g/mol. The van der Waals surface area contributed by atoms with Gasteiger partial charge in [-0.1, -0.05) is 13.0 Å². The van der Waals surface area contributed by atoms with Crippen LogP contribution >= 0.6 is 0 Å². The summed E-state index contributed by atoms with van der Waals surface area (Å²) in [6.45, 7) is 12.4. The number of aryl methyl sites for hydroxylation is 1. The zero-order valence-corrected chi connectivity index (χ0v) is 41.2. The molecule has 7 aliphatic rings. The number of fused-ring (bicyclic) bond motifs is 3. The van der Waals surface area contributed by atoms with E-state index >= 15 is 8.78 Å².